The first-order valence-corrected chi connectivity index (χ1v) is 9.36. The first-order chi connectivity index (χ1) is 12.0. The van der Waals surface area contributed by atoms with Crippen molar-refractivity contribution in [3.63, 3.8) is 0 Å². The van der Waals surface area contributed by atoms with Crippen molar-refractivity contribution in [3.05, 3.63) is 23.4 Å². The molecule has 136 valence electrons. The average molecular weight is 365 g/mol. The minimum absolute atomic E-state index is 0.0419. The van der Waals surface area contributed by atoms with Crippen LogP contribution in [-0.4, -0.2) is 40.8 Å². The number of pyridine rings is 1. The number of nitrogens with two attached hydrogens (primary N) is 1. The molecule has 7 heteroatoms. The van der Waals surface area contributed by atoms with E-state index < -0.39 is 0 Å². The third-order valence-corrected chi connectivity index (χ3v) is 5.58. The molecule has 3 N–H and O–H groups in total. The molecule has 0 bridgehead atoms. The summed E-state index contributed by atoms with van der Waals surface area (Å²) < 4.78 is 0. The van der Waals surface area contributed by atoms with E-state index in [-0.39, 0.29) is 23.8 Å². The summed E-state index contributed by atoms with van der Waals surface area (Å²) in [6, 6.07) is 3.54. The van der Waals surface area contributed by atoms with E-state index in [4.69, 9.17) is 17.3 Å². The van der Waals surface area contributed by atoms with E-state index in [0.717, 1.165) is 19.3 Å². The number of halogens is 1. The molecule has 1 saturated heterocycles. The highest BCUT2D eigenvalue weighted by Crippen LogP contribution is 2.28. The second-order valence-electron chi connectivity index (χ2n) is 7.06. The van der Waals surface area contributed by atoms with Gasteiger partial charge < -0.3 is 16.0 Å². The lowest BCUT2D eigenvalue weighted by molar-refractivity contribution is -0.135. The Kier molecular flexibility index (Phi) is 5.91. The van der Waals surface area contributed by atoms with Gasteiger partial charge in [-0.25, -0.2) is 4.98 Å². The molecule has 1 aliphatic carbocycles. The molecule has 1 saturated carbocycles. The SMILES string of the molecule is N[C@@H]1CCC[C@H]1CC(=O)N1CCC(C(=O)Nc2ccc(Cl)cn2)CC1. The number of nitrogens with one attached hydrogen (secondary N) is 1. The number of rotatable bonds is 4. The Morgan fingerprint density at radius 3 is 2.60 bits per heavy atom. The van der Waals surface area contributed by atoms with Gasteiger partial charge in [0, 0.05) is 37.7 Å². The summed E-state index contributed by atoms with van der Waals surface area (Å²) in [5.74, 6) is 0.878. The molecule has 1 aliphatic heterocycles. The zero-order valence-electron chi connectivity index (χ0n) is 14.3. The minimum Gasteiger partial charge on any atom is -0.343 e. The second kappa shape index (κ2) is 8.15. The third kappa shape index (κ3) is 4.70. The number of nitrogens with zero attached hydrogens (tertiary/aromatic N) is 2. The Bertz CT molecular complexity index is 614. The molecule has 1 aromatic heterocycles. The Balaban J connectivity index is 1.45. The molecule has 2 atom stereocenters. The van der Waals surface area contributed by atoms with Crippen LogP contribution >= 0.6 is 11.6 Å². The second-order valence-corrected chi connectivity index (χ2v) is 7.50. The first-order valence-electron chi connectivity index (χ1n) is 8.98. The fourth-order valence-corrected chi connectivity index (χ4v) is 3.85. The van der Waals surface area contributed by atoms with Crippen molar-refractivity contribution in [2.45, 2.75) is 44.6 Å². The van der Waals surface area contributed by atoms with Gasteiger partial charge in [0.1, 0.15) is 5.82 Å². The van der Waals surface area contributed by atoms with Crippen LogP contribution < -0.4 is 11.1 Å². The van der Waals surface area contributed by atoms with Crippen LogP contribution in [0, 0.1) is 11.8 Å². The molecule has 1 aromatic rings. The highest BCUT2D eigenvalue weighted by Gasteiger charge is 2.31. The molecule has 2 amide bonds. The summed E-state index contributed by atoms with van der Waals surface area (Å²) in [4.78, 5) is 30.8. The lowest BCUT2D eigenvalue weighted by Crippen LogP contribution is -2.42. The lowest BCUT2D eigenvalue weighted by Gasteiger charge is -2.32. The Labute approximate surface area is 153 Å². The number of piperidine rings is 1. The van der Waals surface area contributed by atoms with Crippen molar-refractivity contribution in [1.29, 1.82) is 0 Å². The van der Waals surface area contributed by atoms with E-state index in [1.54, 1.807) is 12.1 Å². The van der Waals surface area contributed by atoms with Crippen LogP contribution in [0.3, 0.4) is 0 Å². The summed E-state index contributed by atoms with van der Waals surface area (Å²) >= 11 is 5.79. The van der Waals surface area contributed by atoms with Crippen molar-refractivity contribution in [2.24, 2.45) is 17.6 Å². The van der Waals surface area contributed by atoms with E-state index in [2.05, 4.69) is 10.3 Å². The van der Waals surface area contributed by atoms with Gasteiger partial charge in [-0.15, -0.1) is 0 Å². The summed E-state index contributed by atoms with van der Waals surface area (Å²) in [6.45, 7) is 1.26. The van der Waals surface area contributed by atoms with Gasteiger partial charge >= 0.3 is 0 Å². The molecule has 2 fully saturated rings. The Morgan fingerprint density at radius 2 is 2.00 bits per heavy atom. The Morgan fingerprint density at radius 1 is 1.24 bits per heavy atom. The van der Waals surface area contributed by atoms with Crippen LogP contribution in [-0.2, 0) is 9.59 Å². The molecule has 0 aromatic carbocycles. The average Bonchev–Trinajstić information content (AvgIpc) is 3.02. The third-order valence-electron chi connectivity index (χ3n) is 5.35. The predicted molar refractivity (Wildman–Crippen MR) is 97.1 cm³/mol. The molecular formula is C18H25ClN4O2. The van der Waals surface area contributed by atoms with Gasteiger partial charge in [0.25, 0.3) is 0 Å². The van der Waals surface area contributed by atoms with Crippen LogP contribution in [0.2, 0.25) is 5.02 Å². The van der Waals surface area contributed by atoms with Crippen LogP contribution in [0.15, 0.2) is 18.3 Å². The number of hydrogen-bond acceptors (Lipinski definition) is 4. The maximum atomic E-state index is 12.4. The summed E-state index contributed by atoms with van der Waals surface area (Å²) in [7, 11) is 0. The fourth-order valence-electron chi connectivity index (χ4n) is 3.74. The molecule has 0 radical (unpaired) electrons. The van der Waals surface area contributed by atoms with E-state index in [9.17, 15) is 9.59 Å². The van der Waals surface area contributed by atoms with Gasteiger partial charge in [0.15, 0.2) is 0 Å². The monoisotopic (exact) mass is 364 g/mol. The Hall–Kier alpha value is -1.66. The standard InChI is InChI=1S/C18H25ClN4O2/c19-14-4-5-16(21-11-14)22-18(25)12-6-8-23(9-7-12)17(24)10-13-2-1-3-15(13)20/h4-5,11-13,15H,1-3,6-10,20H2,(H,21,22,25)/t13-,15+/m0/s1. The lowest BCUT2D eigenvalue weighted by atomic mass is 9.94. The zero-order valence-corrected chi connectivity index (χ0v) is 15.0. The number of carbonyl (C=O) groups excluding carboxylic acids is 2. The molecule has 3 rings (SSSR count). The van der Waals surface area contributed by atoms with Crippen LogP contribution in [0.4, 0.5) is 5.82 Å². The van der Waals surface area contributed by atoms with Gasteiger partial charge in [-0.05, 0) is 43.7 Å². The molecule has 25 heavy (non-hydrogen) atoms. The number of hydrogen-bond donors (Lipinski definition) is 2. The van der Waals surface area contributed by atoms with E-state index in [0.29, 0.717) is 49.1 Å². The van der Waals surface area contributed by atoms with E-state index in [1.165, 1.54) is 6.20 Å². The molecule has 6 nitrogen and oxygen atoms in total. The number of likely N-dealkylation sites (tertiary alicyclic amines) is 1. The van der Waals surface area contributed by atoms with Crippen LogP contribution in [0.1, 0.15) is 38.5 Å². The highest BCUT2D eigenvalue weighted by atomic mass is 35.5. The molecule has 2 heterocycles. The number of amides is 2. The summed E-state index contributed by atoms with van der Waals surface area (Å²) in [6.07, 6.45) is 6.63. The summed E-state index contributed by atoms with van der Waals surface area (Å²) in [5.41, 5.74) is 6.06. The molecule has 0 spiro atoms. The molecule has 0 unspecified atom stereocenters. The van der Waals surface area contributed by atoms with Gasteiger partial charge in [-0.1, -0.05) is 18.0 Å². The maximum absolute atomic E-state index is 12.4. The van der Waals surface area contributed by atoms with Gasteiger partial charge in [-0.2, -0.15) is 0 Å². The van der Waals surface area contributed by atoms with Crippen LogP contribution in [0.5, 0.6) is 0 Å². The van der Waals surface area contributed by atoms with Gasteiger partial charge in [-0.3, -0.25) is 9.59 Å². The zero-order chi connectivity index (χ0) is 17.8. The normalized spacial score (nSPS) is 24.3. The minimum atomic E-state index is -0.0877. The fraction of sp³-hybridized carbons (Fsp3) is 0.611. The van der Waals surface area contributed by atoms with Crippen molar-refractivity contribution in [1.82, 2.24) is 9.88 Å². The smallest absolute Gasteiger partial charge is 0.228 e. The highest BCUT2D eigenvalue weighted by molar-refractivity contribution is 6.30. The number of anilines is 1. The number of carbonyl (C=O) groups is 2. The largest absolute Gasteiger partial charge is 0.343 e. The molecule has 2 aliphatic rings. The van der Waals surface area contributed by atoms with Gasteiger partial charge in [0.2, 0.25) is 11.8 Å². The van der Waals surface area contributed by atoms with Gasteiger partial charge in [0.05, 0.1) is 5.02 Å². The number of aromatic nitrogens is 1. The van der Waals surface area contributed by atoms with Crippen LogP contribution in [0.25, 0.3) is 0 Å². The van der Waals surface area contributed by atoms with Crippen molar-refractivity contribution >= 4 is 29.2 Å². The quantitative estimate of drug-likeness (QED) is 0.858. The maximum Gasteiger partial charge on any atom is 0.228 e. The topological polar surface area (TPSA) is 88.3 Å². The molecular weight excluding hydrogens is 340 g/mol. The first kappa shape index (κ1) is 18.1. The van der Waals surface area contributed by atoms with Crippen molar-refractivity contribution in [2.75, 3.05) is 18.4 Å². The van der Waals surface area contributed by atoms with Crippen molar-refractivity contribution in [3.8, 4) is 0 Å². The van der Waals surface area contributed by atoms with E-state index >= 15 is 0 Å². The van der Waals surface area contributed by atoms with E-state index in [1.807, 2.05) is 4.90 Å². The van der Waals surface area contributed by atoms with Crippen molar-refractivity contribution < 1.29 is 9.59 Å². The summed E-state index contributed by atoms with van der Waals surface area (Å²) in [5, 5.41) is 3.35. The predicted octanol–water partition coefficient (Wildman–Crippen LogP) is 2.43.